The van der Waals surface area contributed by atoms with E-state index < -0.39 is 6.04 Å². The van der Waals surface area contributed by atoms with Gasteiger partial charge in [0.15, 0.2) is 12.4 Å². The number of nitriles is 1. The van der Waals surface area contributed by atoms with Gasteiger partial charge in [-0.05, 0) is 6.07 Å². The summed E-state index contributed by atoms with van der Waals surface area (Å²) in [4.78, 5) is 0. The normalized spacial score (nSPS) is 12.0. The summed E-state index contributed by atoms with van der Waals surface area (Å²) in [5.41, 5.74) is 5.88. The van der Waals surface area contributed by atoms with Gasteiger partial charge >= 0.3 is 0 Å². The Morgan fingerprint density at radius 1 is 1.73 bits per heavy atom. The van der Waals surface area contributed by atoms with Crippen molar-refractivity contribution in [2.45, 2.75) is 6.04 Å². The van der Waals surface area contributed by atoms with Crippen LogP contribution in [-0.2, 0) is 0 Å². The Balaban J connectivity index is 2.98. The minimum Gasteiger partial charge on any atom is -0.619 e. The molecule has 0 radical (unpaired) electrons. The van der Waals surface area contributed by atoms with E-state index in [-0.39, 0.29) is 0 Å². The zero-order valence-electron chi connectivity index (χ0n) is 5.77. The minimum absolute atomic E-state index is 0.532. The lowest BCUT2D eigenvalue weighted by atomic mass is 10.1. The lowest BCUT2D eigenvalue weighted by molar-refractivity contribution is -0.605. The van der Waals surface area contributed by atoms with Crippen LogP contribution in [0.25, 0.3) is 0 Å². The number of rotatable bonds is 1. The van der Waals surface area contributed by atoms with Crippen LogP contribution in [0.2, 0.25) is 0 Å². The van der Waals surface area contributed by atoms with E-state index in [1.54, 1.807) is 12.1 Å². The molecule has 1 heterocycles. The zero-order valence-corrected chi connectivity index (χ0v) is 5.77. The molecule has 1 aromatic rings. The molecule has 0 fully saturated rings. The highest BCUT2D eigenvalue weighted by Gasteiger charge is 2.05. The number of nitrogens with zero attached hydrogens (tertiary/aromatic N) is 2. The van der Waals surface area contributed by atoms with Crippen molar-refractivity contribution in [1.29, 1.82) is 5.26 Å². The molecular formula is C7H7N3O. The van der Waals surface area contributed by atoms with E-state index in [9.17, 15) is 5.21 Å². The van der Waals surface area contributed by atoms with Gasteiger partial charge in [0.05, 0.1) is 6.07 Å². The molecule has 0 aliphatic heterocycles. The molecule has 0 bridgehead atoms. The fraction of sp³-hybridized carbons (Fsp3) is 0.143. The van der Waals surface area contributed by atoms with Crippen molar-refractivity contribution in [3.63, 3.8) is 0 Å². The molecule has 1 aromatic heterocycles. The highest BCUT2D eigenvalue weighted by molar-refractivity contribution is 5.16. The largest absolute Gasteiger partial charge is 0.619 e. The standard InChI is InChI=1S/C7H7N3O/c8-4-7(9)6-2-1-3-10(11)5-6/h1-3,5,7H,9H2. The first-order valence-electron chi connectivity index (χ1n) is 3.08. The van der Waals surface area contributed by atoms with Gasteiger partial charge in [-0.3, -0.25) is 0 Å². The summed E-state index contributed by atoms with van der Waals surface area (Å²) < 4.78 is 0.618. The Hall–Kier alpha value is -1.60. The maximum absolute atomic E-state index is 10.7. The molecule has 0 spiro atoms. The van der Waals surface area contributed by atoms with Crippen LogP contribution in [0.4, 0.5) is 0 Å². The van der Waals surface area contributed by atoms with Crippen LogP contribution in [0, 0.1) is 16.5 Å². The number of hydrogen-bond acceptors (Lipinski definition) is 3. The van der Waals surface area contributed by atoms with Crippen LogP contribution < -0.4 is 10.5 Å². The van der Waals surface area contributed by atoms with E-state index in [1.165, 1.54) is 12.4 Å². The van der Waals surface area contributed by atoms with Gasteiger partial charge in [-0.2, -0.15) is 9.99 Å². The zero-order chi connectivity index (χ0) is 8.27. The predicted molar refractivity (Wildman–Crippen MR) is 37.9 cm³/mol. The first-order valence-corrected chi connectivity index (χ1v) is 3.08. The molecule has 56 valence electrons. The molecule has 4 nitrogen and oxygen atoms in total. The third kappa shape index (κ3) is 1.66. The van der Waals surface area contributed by atoms with Gasteiger partial charge < -0.3 is 10.9 Å². The van der Waals surface area contributed by atoms with Crippen LogP contribution in [0.3, 0.4) is 0 Å². The predicted octanol–water partition coefficient (Wildman–Crippen LogP) is -0.157. The molecule has 4 heteroatoms. The van der Waals surface area contributed by atoms with Crippen molar-refractivity contribution < 1.29 is 4.73 Å². The molecule has 0 amide bonds. The van der Waals surface area contributed by atoms with Crippen molar-refractivity contribution in [2.24, 2.45) is 5.73 Å². The van der Waals surface area contributed by atoms with Crippen LogP contribution >= 0.6 is 0 Å². The van der Waals surface area contributed by atoms with Crippen LogP contribution in [-0.4, -0.2) is 0 Å². The molecule has 1 atom stereocenters. The van der Waals surface area contributed by atoms with E-state index in [0.717, 1.165) is 0 Å². The van der Waals surface area contributed by atoms with Crippen molar-refractivity contribution in [1.82, 2.24) is 0 Å². The lowest BCUT2D eigenvalue weighted by Crippen LogP contribution is -2.26. The van der Waals surface area contributed by atoms with Crippen molar-refractivity contribution in [3.8, 4) is 6.07 Å². The van der Waals surface area contributed by atoms with Crippen LogP contribution in [0.15, 0.2) is 24.5 Å². The monoisotopic (exact) mass is 149 g/mol. The van der Waals surface area contributed by atoms with E-state index in [2.05, 4.69) is 0 Å². The average molecular weight is 149 g/mol. The fourth-order valence-corrected chi connectivity index (χ4v) is 0.730. The highest BCUT2D eigenvalue weighted by Crippen LogP contribution is 2.04. The van der Waals surface area contributed by atoms with Gasteiger partial charge in [-0.25, -0.2) is 0 Å². The third-order valence-corrected chi connectivity index (χ3v) is 1.30. The molecule has 0 aliphatic rings. The summed E-state index contributed by atoms with van der Waals surface area (Å²) in [6, 6.07) is 4.32. The average Bonchev–Trinajstić information content (AvgIpc) is 2.03. The smallest absolute Gasteiger partial charge is 0.186 e. The van der Waals surface area contributed by atoms with Crippen LogP contribution in [0.5, 0.6) is 0 Å². The Morgan fingerprint density at radius 3 is 3.00 bits per heavy atom. The Kier molecular flexibility index (Phi) is 2.04. The van der Waals surface area contributed by atoms with E-state index in [1.807, 2.05) is 6.07 Å². The van der Waals surface area contributed by atoms with Gasteiger partial charge in [0, 0.05) is 11.6 Å². The van der Waals surface area contributed by atoms with Crippen molar-refractivity contribution in [2.75, 3.05) is 0 Å². The number of nitrogens with two attached hydrogens (primary N) is 1. The summed E-state index contributed by atoms with van der Waals surface area (Å²) in [7, 11) is 0. The van der Waals surface area contributed by atoms with Gasteiger partial charge in [-0.1, -0.05) is 0 Å². The Morgan fingerprint density at radius 2 is 2.45 bits per heavy atom. The van der Waals surface area contributed by atoms with Gasteiger partial charge in [-0.15, -0.1) is 0 Å². The summed E-state index contributed by atoms with van der Waals surface area (Å²) in [6.07, 6.45) is 2.63. The maximum Gasteiger partial charge on any atom is 0.186 e. The van der Waals surface area contributed by atoms with Crippen molar-refractivity contribution in [3.05, 3.63) is 35.3 Å². The first kappa shape index (κ1) is 7.51. The van der Waals surface area contributed by atoms with Gasteiger partial charge in [0.25, 0.3) is 0 Å². The van der Waals surface area contributed by atoms with Crippen LogP contribution in [0.1, 0.15) is 11.6 Å². The topological polar surface area (TPSA) is 76.8 Å². The summed E-state index contributed by atoms with van der Waals surface area (Å²) in [5.74, 6) is 0. The molecule has 1 rings (SSSR count). The van der Waals surface area contributed by atoms with Gasteiger partial charge in [0.2, 0.25) is 0 Å². The minimum atomic E-state index is -0.712. The summed E-state index contributed by atoms with van der Waals surface area (Å²) >= 11 is 0. The quantitative estimate of drug-likeness (QED) is 0.445. The maximum atomic E-state index is 10.7. The number of hydrogen-bond donors (Lipinski definition) is 1. The first-order chi connectivity index (χ1) is 5.24. The molecule has 0 aromatic carbocycles. The van der Waals surface area contributed by atoms with Gasteiger partial charge in [0.1, 0.15) is 6.04 Å². The third-order valence-electron chi connectivity index (χ3n) is 1.30. The SMILES string of the molecule is N#CC(N)c1ccc[n+]([O-])c1. The fourth-order valence-electron chi connectivity index (χ4n) is 0.730. The molecule has 0 saturated heterocycles. The van der Waals surface area contributed by atoms with E-state index in [4.69, 9.17) is 11.0 Å². The second-order valence-electron chi connectivity index (χ2n) is 2.10. The molecule has 0 saturated carbocycles. The molecular weight excluding hydrogens is 142 g/mol. The molecule has 2 N–H and O–H groups in total. The Bertz CT molecular complexity index is 292. The molecule has 0 aliphatic carbocycles. The summed E-state index contributed by atoms with van der Waals surface area (Å²) in [5, 5.41) is 19.1. The molecule has 11 heavy (non-hydrogen) atoms. The second kappa shape index (κ2) is 2.99. The number of aromatic nitrogens is 1. The highest BCUT2D eigenvalue weighted by atomic mass is 16.5. The molecule has 1 unspecified atom stereocenters. The van der Waals surface area contributed by atoms with E-state index >= 15 is 0 Å². The lowest BCUT2D eigenvalue weighted by Gasteiger charge is -2.00. The second-order valence-corrected chi connectivity index (χ2v) is 2.10. The number of pyridine rings is 1. The summed E-state index contributed by atoms with van der Waals surface area (Å²) in [6.45, 7) is 0. The van der Waals surface area contributed by atoms with E-state index in [0.29, 0.717) is 10.3 Å². The Labute approximate surface area is 64.1 Å². The van der Waals surface area contributed by atoms with Crippen molar-refractivity contribution >= 4 is 0 Å².